The largest absolute Gasteiger partial charge is 0.356 e. The third kappa shape index (κ3) is 12.3. The van der Waals surface area contributed by atoms with E-state index >= 15 is 0 Å². The van der Waals surface area contributed by atoms with Crippen molar-refractivity contribution in [3.63, 3.8) is 0 Å². The van der Waals surface area contributed by atoms with Crippen molar-refractivity contribution in [3.8, 4) is 0 Å². The minimum Gasteiger partial charge on any atom is -0.356 e. The fourth-order valence-corrected chi connectivity index (χ4v) is 7.28. The molecule has 5 amide bonds. The van der Waals surface area contributed by atoms with E-state index in [1.165, 1.54) is 23.9 Å². The van der Waals surface area contributed by atoms with E-state index in [-0.39, 0.29) is 40.0 Å². The quantitative estimate of drug-likeness (QED) is 0.156. The number of thioether (sulfide) groups is 2. The zero-order chi connectivity index (χ0) is 29.5. The van der Waals surface area contributed by atoms with Gasteiger partial charge in [0.25, 0.3) is 0 Å². The third-order valence-electron chi connectivity index (χ3n) is 7.49. The van der Waals surface area contributed by atoms with E-state index in [1.807, 2.05) is 0 Å². The van der Waals surface area contributed by atoms with Crippen molar-refractivity contribution >= 4 is 58.8 Å². The van der Waals surface area contributed by atoms with Crippen LogP contribution < -0.4 is 5.32 Å². The molecule has 2 saturated heterocycles. The van der Waals surface area contributed by atoms with Crippen molar-refractivity contribution in [2.45, 2.75) is 107 Å². The van der Waals surface area contributed by atoms with Gasteiger partial charge in [-0.15, -0.1) is 23.5 Å². The van der Waals surface area contributed by atoms with Gasteiger partial charge in [0.2, 0.25) is 29.5 Å². The number of hydrogen-bond acceptors (Lipinski definition) is 8. The van der Waals surface area contributed by atoms with Gasteiger partial charge in [-0.05, 0) is 49.5 Å². The number of hydrogen-bond donors (Lipinski definition) is 1. The number of nitrogens with one attached hydrogen (secondary N) is 1. The van der Waals surface area contributed by atoms with Crippen molar-refractivity contribution < 1.29 is 28.8 Å². The number of carbonyl (C=O) groups excluding carboxylic acids is 6. The number of unbranched alkanes of at least 4 members (excludes halogenated alkanes) is 5. The van der Waals surface area contributed by atoms with Gasteiger partial charge in [-0.2, -0.15) is 0 Å². The van der Waals surface area contributed by atoms with Crippen molar-refractivity contribution in [3.05, 3.63) is 0 Å². The van der Waals surface area contributed by atoms with E-state index < -0.39 is 0 Å². The zero-order valence-corrected chi connectivity index (χ0v) is 26.0. The highest BCUT2D eigenvalue weighted by Gasteiger charge is 2.36. The second kappa shape index (κ2) is 18.5. The summed E-state index contributed by atoms with van der Waals surface area (Å²) < 4.78 is 0. The first-order valence-electron chi connectivity index (χ1n) is 14.7. The number of carbonyl (C=O) groups is 6. The minimum atomic E-state index is -0.241. The average Bonchev–Trinajstić information content (AvgIpc) is 3.30. The molecule has 2 aliphatic heterocycles. The van der Waals surface area contributed by atoms with Gasteiger partial charge < -0.3 is 5.32 Å². The molecule has 0 aromatic heterocycles. The van der Waals surface area contributed by atoms with Crippen LogP contribution in [-0.4, -0.2) is 87.8 Å². The Labute approximate surface area is 247 Å². The molecule has 0 bridgehead atoms. The maximum atomic E-state index is 12.3. The number of amides is 5. The van der Waals surface area contributed by atoms with Crippen LogP contribution in [0.25, 0.3) is 0 Å². The van der Waals surface area contributed by atoms with Crippen molar-refractivity contribution in [2.75, 3.05) is 32.1 Å². The fourth-order valence-electron chi connectivity index (χ4n) is 4.85. The Morgan fingerprint density at radius 2 is 1.30 bits per heavy atom. The van der Waals surface area contributed by atoms with E-state index in [0.717, 1.165) is 69.3 Å². The Balaban J connectivity index is 1.36. The summed E-state index contributed by atoms with van der Waals surface area (Å²) in [6.45, 7) is 2.77. The lowest BCUT2D eigenvalue weighted by atomic mass is 9.96. The number of nitrogens with zero attached hydrogens (tertiary/aromatic N) is 2. The molecular formula is C29H47N3O6S2. The zero-order valence-electron chi connectivity index (χ0n) is 24.4. The van der Waals surface area contributed by atoms with Crippen LogP contribution in [-0.2, 0) is 28.8 Å². The Kier molecular flexibility index (Phi) is 15.9. The van der Waals surface area contributed by atoms with Crippen LogP contribution in [0.1, 0.15) is 96.8 Å². The molecule has 0 aliphatic carbocycles. The highest BCUT2D eigenvalue weighted by molar-refractivity contribution is 8.00. The van der Waals surface area contributed by atoms with Crippen LogP contribution in [0.3, 0.4) is 0 Å². The topological polar surface area (TPSA) is 121 Å². The standard InChI is InChI=1S/C29H47N3O6S2/c1-21(18-22(33)13-6-4-10-16-39-23-19-26(35)31(2)28(23)37)12-8-9-15-30-25(34)14-7-5-11-17-40-24-20-27(36)32(3)29(24)38/h21,23-24H,4-20H2,1-3H3,(H,30,34)/t21-,23?,24?/m1/s1. The molecule has 2 rings (SSSR count). The van der Waals surface area contributed by atoms with Gasteiger partial charge in [0.15, 0.2) is 0 Å². The molecule has 226 valence electrons. The maximum Gasteiger partial charge on any atom is 0.242 e. The summed E-state index contributed by atoms with van der Waals surface area (Å²) in [5.41, 5.74) is 0. The first-order chi connectivity index (χ1) is 19.1. The molecule has 1 N–H and O–H groups in total. The third-order valence-corrected chi connectivity index (χ3v) is 10.1. The molecule has 0 spiro atoms. The summed E-state index contributed by atoms with van der Waals surface area (Å²) in [5.74, 6) is 1.99. The van der Waals surface area contributed by atoms with Crippen LogP contribution in [0.2, 0.25) is 0 Å². The first kappa shape index (κ1) is 34.3. The van der Waals surface area contributed by atoms with E-state index in [2.05, 4.69) is 12.2 Å². The molecule has 2 fully saturated rings. The smallest absolute Gasteiger partial charge is 0.242 e. The lowest BCUT2D eigenvalue weighted by Crippen LogP contribution is -2.26. The monoisotopic (exact) mass is 597 g/mol. The molecule has 0 aromatic carbocycles. The van der Waals surface area contributed by atoms with Gasteiger partial charge in [0.1, 0.15) is 5.78 Å². The fraction of sp³-hybridized carbons (Fsp3) is 0.793. The van der Waals surface area contributed by atoms with Crippen LogP contribution >= 0.6 is 23.5 Å². The Morgan fingerprint density at radius 3 is 1.80 bits per heavy atom. The molecule has 11 heteroatoms. The van der Waals surface area contributed by atoms with Crippen LogP contribution in [0.15, 0.2) is 0 Å². The number of rotatable bonds is 21. The summed E-state index contributed by atoms with van der Waals surface area (Å²) in [5, 5.41) is 2.50. The lowest BCUT2D eigenvalue weighted by molar-refractivity contribution is -0.138. The van der Waals surface area contributed by atoms with Crippen LogP contribution in [0.4, 0.5) is 0 Å². The summed E-state index contributed by atoms with van der Waals surface area (Å²) in [6, 6.07) is 0. The lowest BCUT2D eigenvalue weighted by Gasteiger charge is -2.11. The van der Waals surface area contributed by atoms with Crippen molar-refractivity contribution in [2.24, 2.45) is 5.92 Å². The van der Waals surface area contributed by atoms with Gasteiger partial charge in [-0.3, -0.25) is 38.6 Å². The molecule has 2 aliphatic rings. The normalized spacial score (nSPS) is 20.1. The first-order valence-corrected chi connectivity index (χ1v) is 16.8. The molecule has 9 nitrogen and oxygen atoms in total. The second-order valence-electron chi connectivity index (χ2n) is 11.0. The molecule has 0 radical (unpaired) electrons. The average molecular weight is 598 g/mol. The van der Waals surface area contributed by atoms with Gasteiger partial charge in [0, 0.05) is 52.7 Å². The highest BCUT2D eigenvalue weighted by atomic mass is 32.2. The molecule has 2 unspecified atom stereocenters. The van der Waals surface area contributed by atoms with Crippen LogP contribution in [0.5, 0.6) is 0 Å². The summed E-state index contributed by atoms with van der Waals surface area (Å²) in [7, 11) is 3.07. The summed E-state index contributed by atoms with van der Waals surface area (Å²) in [6.07, 6.45) is 10.6. The Bertz CT molecular complexity index is 899. The number of imide groups is 2. The molecular weight excluding hydrogens is 550 g/mol. The predicted molar refractivity (Wildman–Crippen MR) is 160 cm³/mol. The SMILES string of the molecule is C[C@H](CCCCNC(=O)CCCCCSC1CC(=O)N(C)C1=O)CC(=O)CCCCCSC1CC(=O)N(C)C1=O. The molecule has 2 heterocycles. The van der Waals surface area contributed by atoms with Crippen molar-refractivity contribution in [1.29, 1.82) is 0 Å². The second-order valence-corrected chi connectivity index (χ2v) is 13.6. The van der Waals surface area contributed by atoms with Gasteiger partial charge in [-0.1, -0.05) is 32.6 Å². The predicted octanol–water partition coefficient (Wildman–Crippen LogP) is 3.97. The van der Waals surface area contributed by atoms with Crippen LogP contribution in [0, 0.1) is 5.92 Å². The summed E-state index contributed by atoms with van der Waals surface area (Å²) >= 11 is 3.09. The number of Topliss-reactive ketones (excluding diaryl/α,β-unsaturated/α-hetero) is 1. The van der Waals surface area contributed by atoms with E-state index in [4.69, 9.17) is 0 Å². The maximum absolute atomic E-state index is 12.3. The van der Waals surface area contributed by atoms with Gasteiger partial charge >= 0.3 is 0 Å². The number of ketones is 1. The van der Waals surface area contributed by atoms with Gasteiger partial charge in [-0.25, -0.2) is 0 Å². The Morgan fingerprint density at radius 1 is 0.775 bits per heavy atom. The summed E-state index contributed by atoms with van der Waals surface area (Å²) in [4.78, 5) is 73.6. The van der Waals surface area contributed by atoms with E-state index in [1.54, 1.807) is 23.5 Å². The number of likely N-dealkylation sites (tertiary alicyclic amines) is 2. The highest BCUT2D eigenvalue weighted by Crippen LogP contribution is 2.26. The minimum absolute atomic E-state index is 0.0724. The molecule has 3 atom stereocenters. The van der Waals surface area contributed by atoms with Crippen molar-refractivity contribution in [1.82, 2.24) is 15.1 Å². The van der Waals surface area contributed by atoms with Gasteiger partial charge in [0.05, 0.1) is 10.5 Å². The van der Waals surface area contributed by atoms with E-state index in [0.29, 0.717) is 50.4 Å². The molecule has 0 aromatic rings. The molecule has 40 heavy (non-hydrogen) atoms. The molecule has 0 saturated carbocycles. The Hall–Kier alpha value is -1.88. The van der Waals surface area contributed by atoms with E-state index in [9.17, 15) is 28.8 Å².